The maximum Gasteiger partial charge on any atom is 0.209 e. The lowest BCUT2D eigenvalue weighted by Crippen LogP contribution is -2.36. The van der Waals surface area contributed by atoms with E-state index >= 15 is 0 Å². The molecule has 2 N–H and O–H groups in total. The SMILES string of the molecule is CN(C)Cc1nnc([C@H]2CCCN(c3cc4nncn4c(N)n3)C2)n1C. The summed E-state index contributed by atoms with van der Waals surface area (Å²) < 4.78 is 3.80. The van der Waals surface area contributed by atoms with Gasteiger partial charge in [-0.15, -0.1) is 20.4 Å². The Morgan fingerprint density at radius 3 is 2.92 bits per heavy atom. The summed E-state index contributed by atoms with van der Waals surface area (Å²) in [4.78, 5) is 8.88. The summed E-state index contributed by atoms with van der Waals surface area (Å²) in [5.74, 6) is 3.56. The number of anilines is 2. The van der Waals surface area contributed by atoms with Gasteiger partial charge in [-0.2, -0.15) is 4.98 Å². The van der Waals surface area contributed by atoms with Gasteiger partial charge in [0.1, 0.15) is 23.8 Å². The first kappa shape index (κ1) is 16.7. The van der Waals surface area contributed by atoms with Gasteiger partial charge in [-0.05, 0) is 26.9 Å². The number of rotatable bonds is 4. The lowest BCUT2D eigenvalue weighted by molar-refractivity contribution is 0.382. The van der Waals surface area contributed by atoms with E-state index in [0.717, 1.165) is 49.9 Å². The fraction of sp³-hybridized carbons (Fsp3) is 0.562. The molecule has 0 unspecified atom stereocenters. The van der Waals surface area contributed by atoms with Crippen LogP contribution in [-0.4, -0.2) is 66.4 Å². The Balaban J connectivity index is 1.58. The fourth-order valence-electron chi connectivity index (χ4n) is 3.55. The zero-order chi connectivity index (χ0) is 18.3. The molecule has 3 aromatic rings. The van der Waals surface area contributed by atoms with Crippen LogP contribution < -0.4 is 10.6 Å². The van der Waals surface area contributed by atoms with Crippen molar-refractivity contribution in [2.24, 2.45) is 7.05 Å². The number of hydrogen-bond acceptors (Lipinski definition) is 8. The lowest BCUT2D eigenvalue weighted by Gasteiger charge is -2.33. The smallest absolute Gasteiger partial charge is 0.209 e. The number of fused-ring (bicyclic) bond motifs is 1. The molecule has 4 heterocycles. The van der Waals surface area contributed by atoms with E-state index in [9.17, 15) is 0 Å². The zero-order valence-electron chi connectivity index (χ0n) is 15.4. The van der Waals surface area contributed by atoms with Crippen LogP contribution in [0.15, 0.2) is 12.4 Å². The quantitative estimate of drug-likeness (QED) is 0.710. The second-order valence-corrected chi connectivity index (χ2v) is 7.09. The summed E-state index contributed by atoms with van der Waals surface area (Å²) in [5.41, 5.74) is 6.75. The van der Waals surface area contributed by atoms with Crippen molar-refractivity contribution in [2.45, 2.75) is 25.3 Å². The molecule has 4 rings (SSSR count). The molecule has 0 saturated carbocycles. The van der Waals surface area contributed by atoms with Crippen molar-refractivity contribution in [1.82, 2.24) is 39.2 Å². The Morgan fingerprint density at radius 2 is 2.12 bits per heavy atom. The topological polar surface area (TPSA) is 106 Å². The Kier molecular flexibility index (Phi) is 4.19. The predicted molar refractivity (Wildman–Crippen MR) is 97.8 cm³/mol. The number of nitrogens with zero attached hydrogens (tertiary/aromatic N) is 9. The van der Waals surface area contributed by atoms with Crippen molar-refractivity contribution < 1.29 is 0 Å². The molecule has 26 heavy (non-hydrogen) atoms. The highest BCUT2D eigenvalue weighted by atomic mass is 15.3. The van der Waals surface area contributed by atoms with Crippen LogP contribution in [0.4, 0.5) is 11.8 Å². The van der Waals surface area contributed by atoms with Crippen molar-refractivity contribution >= 4 is 17.4 Å². The van der Waals surface area contributed by atoms with Gasteiger partial charge in [0.25, 0.3) is 0 Å². The molecule has 10 nitrogen and oxygen atoms in total. The lowest BCUT2D eigenvalue weighted by atomic mass is 9.97. The van der Waals surface area contributed by atoms with Crippen molar-refractivity contribution in [3.05, 3.63) is 24.0 Å². The summed E-state index contributed by atoms with van der Waals surface area (Å²) >= 11 is 0. The minimum atomic E-state index is 0.314. The molecule has 0 amide bonds. The summed E-state index contributed by atoms with van der Waals surface area (Å²) in [5, 5.41) is 16.8. The van der Waals surface area contributed by atoms with Gasteiger partial charge in [0.15, 0.2) is 5.65 Å². The first-order chi connectivity index (χ1) is 12.5. The van der Waals surface area contributed by atoms with Crippen LogP contribution in [0.3, 0.4) is 0 Å². The molecule has 0 radical (unpaired) electrons. The largest absolute Gasteiger partial charge is 0.369 e. The molecule has 0 aromatic carbocycles. The maximum absolute atomic E-state index is 6.04. The van der Waals surface area contributed by atoms with Gasteiger partial charge in [-0.25, -0.2) is 0 Å². The second kappa shape index (κ2) is 6.52. The molecule has 0 bridgehead atoms. The van der Waals surface area contributed by atoms with Crippen LogP contribution in [-0.2, 0) is 13.6 Å². The third kappa shape index (κ3) is 2.96. The summed E-state index contributed by atoms with van der Waals surface area (Å²) in [7, 11) is 6.12. The molecular formula is C16H24N10. The summed E-state index contributed by atoms with van der Waals surface area (Å²) in [6.07, 6.45) is 3.74. The molecular weight excluding hydrogens is 332 g/mol. The maximum atomic E-state index is 6.04. The summed E-state index contributed by atoms with van der Waals surface area (Å²) in [6.45, 7) is 2.56. The van der Waals surface area contributed by atoms with Gasteiger partial charge in [-0.3, -0.25) is 4.40 Å². The average Bonchev–Trinajstić information content (AvgIpc) is 3.22. The van der Waals surface area contributed by atoms with Crippen LogP contribution in [0.5, 0.6) is 0 Å². The van der Waals surface area contributed by atoms with Crippen LogP contribution in [0.25, 0.3) is 5.65 Å². The van der Waals surface area contributed by atoms with Crippen LogP contribution in [0, 0.1) is 0 Å². The van der Waals surface area contributed by atoms with Crippen molar-refractivity contribution in [2.75, 3.05) is 37.8 Å². The van der Waals surface area contributed by atoms with E-state index in [2.05, 4.69) is 39.7 Å². The molecule has 138 valence electrons. The standard InChI is InChI=1S/C16H24N10/c1-23(2)9-14-21-22-15(24(14)3)11-5-4-6-25(8-11)12-7-13-20-18-10-26(13)16(17)19-12/h7,10-11H,4-6,8-9H2,1-3H3,(H2,17,19)/t11-/m0/s1. The molecule has 1 aliphatic rings. The number of aromatic nitrogens is 7. The van der Waals surface area contributed by atoms with Crippen molar-refractivity contribution in [1.29, 1.82) is 0 Å². The minimum absolute atomic E-state index is 0.314. The molecule has 1 saturated heterocycles. The van der Waals surface area contributed by atoms with E-state index < -0.39 is 0 Å². The highest BCUT2D eigenvalue weighted by Crippen LogP contribution is 2.29. The van der Waals surface area contributed by atoms with Gasteiger partial charge in [0.05, 0.1) is 6.54 Å². The molecule has 10 heteroatoms. The van der Waals surface area contributed by atoms with Crippen molar-refractivity contribution in [3.63, 3.8) is 0 Å². The van der Waals surface area contributed by atoms with E-state index in [-0.39, 0.29) is 0 Å². The van der Waals surface area contributed by atoms with E-state index in [1.165, 1.54) is 0 Å². The first-order valence-corrected chi connectivity index (χ1v) is 8.77. The second-order valence-electron chi connectivity index (χ2n) is 7.09. The van der Waals surface area contributed by atoms with Crippen LogP contribution >= 0.6 is 0 Å². The summed E-state index contributed by atoms with van der Waals surface area (Å²) in [6, 6.07) is 1.93. The Bertz CT molecular complexity index is 911. The Hall–Kier alpha value is -2.75. The third-order valence-electron chi connectivity index (χ3n) is 4.88. The molecule has 1 aliphatic heterocycles. The average molecular weight is 356 g/mol. The first-order valence-electron chi connectivity index (χ1n) is 8.77. The van der Waals surface area contributed by atoms with E-state index in [4.69, 9.17) is 5.73 Å². The van der Waals surface area contributed by atoms with Gasteiger partial charge >= 0.3 is 0 Å². The predicted octanol–water partition coefficient (Wildman–Crippen LogP) is 0.281. The number of nitrogen functional groups attached to an aromatic ring is 1. The molecule has 1 fully saturated rings. The molecule has 1 atom stereocenters. The van der Waals surface area contributed by atoms with Gasteiger partial charge < -0.3 is 20.1 Å². The van der Waals surface area contributed by atoms with Crippen LogP contribution in [0.2, 0.25) is 0 Å². The third-order valence-corrected chi connectivity index (χ3v) is 4.88. The Morgan fingerprint density at radius 1 is 1.27 bits per heavy atom. The van der Waals surface area contributed by atoms with Gasteiger partial charge in [0.2, 0.25) is 5.95 Å². The highest BCUT2D eigenvalue weighted by molar-refractivity contribution is 5.55. The number of hydrogen-bond donors (Lipinski definition) is 1. The van der Waals surface area contributed by atoms with E-state index in [1.54, 1.807) is 10.7 Å². The van der Waals surface area contributed by atoms with Gasteiger partial charge in [0, 0.05) is 32.1 Å². The molecule has 0 aliphatic carbocycles. The minimum Gasteiger partial charge on any atom is -0.369 e. The number of nitrogens with two attached hydrogens (primary N) is 1. The molecule has 0 spiro atoms. The van der Waals surface area contributed by atoms with Crippen LogP contribution in [0.1, 0.15) is 30.4 Å². The van der Waals surface area contributed by atoms with E-state index in [0.29, 0.717) is 17.5 Å². The number of piperidine rings is 1. The molecule has 3 aromatic heterocycles. The van der Waals surface area contributed by atoms with E-state index in [1.807, 2.05) is 27.2 Å². The zero-order valence-corrected chi connectivity index (χ0v) is 15.4. The van der Waals surface area contributed by atoms with Gasteiger partial charge in [-0.1, -0.05) is 0 Å². The van der Waals surface area contributed by atoms with Crippen molar-refractivity contribution in [3.8, 4) is 0 Å². The monoisotopic (exact) mass is 356 g/mol. The fourth-order valence-corrected chi connectivity index (χ4v) is 3.55. The Labute approximate surface area is 151 Å². The normalized spacial score (nSPS) is 18.2. The highest BCUT2D eigenvalue weighted by Gasteiger charge is 2.27.